The van der Waals surface area contributed by atoms with Crippen LogP contribution in [0.2, 0.25) is 0 Å². The highest BCUT2D eigenvalue weighted by Gasteiger charge is 2.21. The van der Waals surface area contributed by atoms with Crippen molar-refractivity contribution in [2.75, 3.05) is 25.5 Å². The smallest absolute Gasteiger partial charge is 0.251 e. The van der Waals surface area contributed by atoms with Gasteiger partial charge in [0, 0.05) is 16.2 Å². The SMILES string of the molecule is O=C(NC[C@@H]1COc2ccccc2O1)c1ccc(OCCSc2ccccc2)cc1. The van der Waals surface area contributed by atoms with E-state index in [2.05, 4.69) is 17.4 Å². The van der Waals surface area contributed by atoms with E-state index in [1.165, 1.54) is 4.90 Å². The van der Waals surface area contributed by atoms with Crippen molar-refractivity contribution in [1.29, 1.82) is 0 Å². The fraction of sp³-hybridized carbons (Fsp3) is 0.208. The van der Waals surface area contributed by atoms with Crippen LogP contribution in [0.1, 0.15) is 10.4 Å². The van der Waals surface area contributed by atoms with Crippen molar-refractivity contribution in [2.24, 2.45) is 0 Å². The van der Waals surface area contributed by atoms with Crippen LogP contribution in [0.4, 0.5) is 0 Å². The van der Waals surface area contributed by atoms with Gasteiger partial charge in [-0.3, -0.25) is 4.79 Å². The summed E-state index contributed by atoms with van der Waals surface area (Å²) in [6, 6.07) is 24.9. The zero-order valence-corrected chi connectivity index (χ0v) is 17.3. The maximum atomic E-state index is 12.4. The van der Waals surface area contributed by atoms with Crippen LogP contribution in [0.15, 0.2) is 83.8 Å². The van der Waals surface area contributed by atoms with E-state index in [4.69, 9.17) is 14.2 Å². The van der Waals surface area contributed by atoms with Crippen molar-refractivity contribution >= 4 is 17.7 Å². The Morgan fingerprint density at radius 2 is 1.70 bits per heavy atom. The van der Waals surface area contributed by atoms with Crippen molar-refractivity contribution in [3.8, 4) is 17.2 Å². The van der Waals surface area contributed by atoms with E-state index in [1.807, 2.05) is 54.6 Å². The molecule has 30 heavy (non-hydrogen) atoms. The van der Waals surface area contributed by atoms with E-state index in [0.29, 0.717) is 31.1 Å². The number of carbonyl (C=O) groups is 1. The van der Waals surface area contributed by atoms with Crippen molar-refractivity contribution in [2.45, 2.75) is 11.0 Å². The minimum Gasteiger partial charge on any atom is -0.493 e. The van der Waals surface area contributed by atoms with E-state index in [1.54, 1.807) is 23.9 Å². The molecule has 0 saturated heterocycles. The lowest BCUT2D eigenvalue weighted by Gasteiger charge is -2.26. The number of ether oxygens (including phenoxy) is 3. The second-order valence-corrected chi connectivity index (χ2v) is 7.91. The minimum atomic E-state index is -0.214. The summed E-state index contributed by atoms with van der Waals surface area (Å²) in [4.78, 5) is 13.6. The van der Waals surface area contributed by atoms with Crippen LogP contribution < -0.4 is 19.5 Å². The maximum Gasteiger partial charge on any atom is 0.251 e. The Morgan fingerprint density at radius 1 is 0.967 bits per heavy atom. The minimum absolute atomic E-state index is 0.149. The topological polar surface area (TPSA) is 56.8 Å². The molecule has 0 fully saturated rings. The summed E-state index contributed by atoms with van der Waals surface area (Å²) in [5.41, 5.74) is 0.582. The van der Waals surface area contributed by atoms with Gasteiger partial charge in [0.2, 0.25) is 0 Å². The number of amides is 1. The normalized spacial score (nSPS) is 14.7. The fourth-order valence-electron chi connectivity index (χ4n) is 3.01. The molecule has 0 radical (unpaired) electrons. The van der Waals surface area contributed by atoms with Gasteiger partial charge in [-0.15, -0.1) is 11.8 Å². The second kappa shape index (κ2) is 10.1. The molecule has 154 valence electrons. The second-order valence-electron chi connectivity index (χ2n) is 6.74. The molecule has 1 aliphatic rings. The Labute approximate surface area is 180 Å². The predicted octanol–water partition coefficient (Wildman–Crippen LogP) is 4.43. The Balaban J connectivity index is 1.19. The van der Waals surface area contributed by atoms with Gasteiger partial charge in [-0.2, -0.15) is 0 Å². The summed E-state index contributed by atoms with van der Waals surface area (Å²) in [7, 11) is 0. The van der Waals surface area contributed by atoms with Crippen LogP contribution in [0.3, 0.4) is 0 Å². The molecule has 1 aliphatic heterocycles. The summed E-state index contributed by atoms with van der Waals surface area (Å²) >= 11 is 1.75. The summed E-state index contributed by atoms with van der Waals surface area (Å²) in [5.74, 6) is 2.90. The van der Waals surface area contributed by atoms with Crippen molar-refractivity contribution < 1.29 is 19.0 Å². The first-order valence-corrected chi connectivity index (χ1v) is 10.8. The monoisotopic (exact) mass is 421 g/mol. The molecular weight excluding hydrogens is 398 g/mol. The molecule has 0 unspecified atom stereocenters. The standard InChI is InChI=1S/C24H23NO4S/c26-24(25-16-20-17-28-22-8-4-5-9-23(22)29-20)18-10-12-19(13-11-18)27-14-15-30-21-6-2-1-3-7-21/h1-13,20H,14-17H2,(H,25,26)/t20-/m1/s1. The molecule has 1 heterocycles. The van der Waals surface area contributed by atoms with Crippen LogP contribution in [-0.2, 0) is 0 Å². The molecule has 0 aliphatic carbocycles. The molecular formula is C24H23NO4S. The number of carbonyl (C=O) groups excluding carboxylic acids is 1. The van der Waals surface area contributed by atoms with Crippen LogP contribution in [0.5, 0.6) is 17.2 Å². The van der Waals surface area contributed by atoms with E-state index >= 15 is 0 Å². The van der Waals surface area contributed by atoms with Crippen molar-refractivity contribution in [1.82, 2.24) is 5.32 Å². The fourth-order valence-corrected chi connectivity index (χ4v) is 3.76. The molecule has 3 aromatic carbocycles. The van der Waals surface area contributed by atoms with Crippen LogP contribution >= 0.6 is 11.8 Å². The summed E-state index contributed by atoms with van der Waals surface area (Å²) in [5, 5.41) is 2.90. The third-order valence-electron chi connectivity index (χ3n) is 4.54. The zero-order chi connectivity index (χ0) is 20.6. The Hall–Kier alpha value is -3.12. The number of hydrogen-bond acceptors (Lipinski definition) is 5. The van der Waals surface area contributed by atoms with Gasteiger partial charge in [-0.25, -0.2) is 0 Å². The predicted molar refractivity (Wildman–Crippen MR) is 118 cm³/mol. The lowest BCUT2D eigenvalue weighted by atomic mass is 10.2. The molecule has 0 spiro atoms. The molecule has 3 aromatic rings. The van der Waals surface area contributed by atoms with Gasteiger partial charge >= 0.3 is 0 Å². The molecule has 6 heteroatoms. The number of hydrogen-bond donors (Lipinski definition) is 1. The third kappa shape index (κ3) is 5.48. The van der Waals surface area contributed by atoms with Crippen molar-refractivity contribution in [3.63, 3.8) is 0 Å². The average Bonchev–Trinajstić information content (AvgIpc) is 2.81. The van der Waals surface area contributed by atoms with Gasteiger partial charge in [0.05, 0.1) is 13.2 Å². The van der Waals surface area contributed by atoms with Crippen LogP contribution in [0, 0.1) is 0 Å². The number of nitrogens with one attached hydrogen (secondary N) is 1. The lowest BCUT2D eigenvalue weighted by molar-refractivity contribution is 0.0789. The van der Waals surface area contributed by atoms with Gasteiger partial charge in [0.25, 0.3) is 5.91 Å². The molecule has 0 saturated carbocycles. The zero-order valence-electron chi connectivity index (χ0n) is 16.5. The van der Waals surface area contributed by atoms with Gasteiger partial charge in [-0.1, -0.05) is 30.3 Å². The highest BCUT2D eigenvalue weighted by molar-refractivity contribution is 7.99. The van der Waals surface area contributed by atoms with E-state index in [0.717, 1.165) is 17.3 Å². The first-order valence-electron chi connectivity index (χ1n) is 9.85. The van der Waals surface area contributed by atoms with Gasteiger partial charge in [0.1, 0.15) is 18.5 Å². The Bertz CT molecular complexity index is 962. The summed E-state index contributed by atoms with van der Waals surface area (Å²) in [6.07, 6.45) is -0.214. The third-order valence-corrected chi connectivity index (χ3v) is 5.51. The number of benzene rings is 3. The largest absolute Gasteiger partial charge is 0.493 e. The van der Waals surface area contributed by atoms with Crippen molar-refractivity contribution in [3.05, 3.63) is 84.4 Å². The lowest BCUT2D eigenvalue weighted by Crippen LogP contribution is -2.40. The maximum absolute atomic E-state index is 12.4. The van der Waals surface area contributed by atoms with E-state index < -0.39 is 0 Å². The van der Waals surface area contributed by atoms with E-state index in [-0.39, 0.29) is 12.0 Å². The Kier molecular flexibility index (Phi) is 6.77. The van der Waals surface area contributed by atoms with Gasteiger partial charge in [0.15, 0.2) is 11.5 Å². The van der Waals surface area contributed by atoms with Crippen LogP contribution in [0.25, 0.3) is 0 Å². The summed E-state index contributed by atoms with van der Waals surface area (Å²) in [6.45, 7) is 1.39. The number of thioether (sulfide) groups is 1. The molecule has 4 rings (SSSR count). The number of para-hydroxylation sites is 2. The number of fused-ring (bicyclic) bond motifs is 1. The molecule has 0 bridgehead atoms. The van der Waals surface area contributed by atoms with Gasteiger partial charge in [-0.05, 0) is 48.5 Å². The molecule has 1 atom stereocenters. The first-order chi connectivity index (χ1) is 14.8. The first kappa shape index (κ1) is 20.2. The highest BCUT2D eigenvalue weighted by Crippen LogP contribution is 2.30. The number of rotatable bonds is 8. The molecule has 0 aromatic heterocycles. The quantitative estimate of drug-likeness (QED) is 0.431. The Morgan fingerprint density at radius 3 is 2.50 bits per heavy atom. The van der Waals surface area contributed by atoms with E-state index in [9.17, 15) is 4.79 Å². The molecule has 5 nitrogen and oxygen atoms in total. The average molecular weight is 422 g/mol. The highest BCUT2D eigenvalue weighted by atomic mass is 32.2. The molecule has 1 amide bonds. The molecule has 1 N–H and O–H groups in total. The summed E-state index contributed by atoms with van der Waals surface area (Å²) < 4.78 is 17.3. The van der Waals surface area contributed by atoms with Crippen LogP contribution in [-0.4, -0.2) is 37.5 Å². The van der Waals surface area contributed by atoms with Gasteiger partial charge < -0.3 is 19.5 Å².